The minimum atomic E-state index is -2.72. The van der Waals surface area contributed by atoms with E-state index in [1.54, 1.807) is 43.0 Å². The van der Waals surface area contributed by atoms with Gasteiger partial charge >= 0.3 is 0 Å². The molecule has 7 nitrogen and oxygen atoms in total. The lowest BCUT2D eigenvalue weighted by Gasteiger charge is -2.26. The molecule has 0 spiro atoms. The number of alkyl halides is 2. The van der Waals surface area contributed by atoms with Crippen molar-refractivity contribution in [1.29, 1.82) is 0 Å². The lowest BCUT2D eigenvalue weighted by atomic mass is 10.1. The summed E-state index contributed by atoms with van der Waals surface area (Å²) in [6.45, 7) is 3.00. The number of aryl methyl sites for hydroxylation is 2. The van der Waals surface area contributed by atoms with Crippen molar-refractivity contribution >= 4 is 16.8 Å². The van der Waals surface area contributed by atoms with Crippen LogP contribution in [0.1, 0.15) is 46.5 Å². The van der Waals surface area contributed by atoms with Crippen molar-refractivity contribution in [3.63, 3.8) is 0 Å². The number of benzene rings is 1. The molecule has 0 radical (unpaired) electrons. The van der Waals surface area contributed by atoms with E-state index in [2.05, 4.69) is 10.1 Å². The first-order valence-corrected chi connectivity index (χ1v) is 9.40. The summed E-state index contributed by atoms with van der Waals surface area (Å²) < 4.78 is 32.6. The molecule has 1 fully saturated rings. The number of para-hydroxylation sites is 1. The van der Waals surface area contributed by atoms with E-state index >= 15 is 0 Å². The van der Waals surface area contributed by atoms with Gasteiger partial charge in [0, 0.05) is 6.54 Å². The van der Waals surface area contributed by atoms with Crippen molar-refractivity contribution in [2.24, 2.45) is 0 Å². The van der Waals surface area contributed by atoms with Crippen molar-refractivity contribution in [2.45, 2.75) is 45.7 Å². The van der Waals surface area contributed by atoms with Crippen molar-refractivity contribution in [3.8, 4) is 0 Å². The van der Waals surface area contributed by atoms with Gasteiger partial charge in [-0.1, -0.05) is 17.3 Å². The van der Waals surface area contributed by atoms with Crippen molar-refractivity contribution in [3.05, 3.63) is 57.5 Å². The fourth-order valence-corrected chi connectivity index (χ4v) is 3.96. The molecule has 152 valence electrons. The molecule has 4 rings (SSSR count). The van der Waals surface area contributed by atoms with Gasteiger partial charge in [0.2, 0.25) is 0 Å². The molecule has 29 heavy (non-hydrogen) atoms. The Labute approximate surface area is 164 Å². The molecule has 3 heterocycles. The first kappa shape index (κ1) is 19.2. The summed E-state index contributed by atoms with van der Waals surface area (Å²) in [5.74, 6) is 0.288. The molecule has 3 aromatic rings. The molecule has 0 saturated carbocycles. The number of hydrogen-bond acceptors (Lipinski definition) is 5. The van der Waals surface area contributed by atoms with Crippen LogP contribution in [-0.4, -0.2) is 38.5 Å². The van der Waals surface area contributed by atoms with Crippen LogP contribution < -0.4 is 5.56 Å². The normalized spacial score (nSPS) is 16.9. The number of likely N-dealkylation sites (tertiary alicyclic amines) is 1. The van der Waals surface area contributed by atoms with E-state index in [0.717, 1.165) is 4.57 Å². The Morgan fingerprint density at radius 2 is 2.07 bits per heavy atom. The maximum atomic E-state index is 13.3. The highest BCUT2D eigenvalue weighted by Gasteiger charge is 2.36. The number of carbonyl (C=O) groups is 1. The third kappa shape index (κ3) is 3.30. The number of aromatic nitrogens is 3. The van der Waals surface area contributed by atoms with Crippen molar-refractivity contribution in [1.82, 2.24) is 19.6 Å². The van der Waals surface area contributed by atoms with Gasteiger partial charge in [-0.15, -0.1) is 0 Å². The number of nitrogens with zero attached hydrogens (tertiary/aromatic N) is 4. The number of fused-ring (bicyclic) bond motifs is 1. The van der Waals surface area contributed by atoms with E-state index in [1.165, 1.54) is 0 Å². The van der Waals surface area contributed by atoms with Gasteiger partial charge in [-0.05, 0) is 38.8 Å². The molecule has 1 aromatic carbocycles. The molecule has 1 atom stereocenters. The summed E-state index contributed by atoms with van der Waals surface area (Å²) in [7, 11) is 0. The second-order valence-electron chi connectivity index (χ2n) is 7.15. The number of rotatable bonds is 4. The van der Waals surface area contributed by atoms with E-state index < -0.39 is 24.6 Å². The zero-order valence-corrected chi connectivity index (χ0v) is 16.1. The molecule has 1 unspecified atom stereocenters. The van der Waals surface area contributed by atoms with Gasteiger partial charge in [0.15, 0.2) is 0 Å². The van der Waals surface area contributed by atoms with Gasteiger partial charge in [-0.2, -0.15) is 0 Å². The van der Waals surface area contributed by atoms with Gasteiger partial charge < -0.3 is 9.42 Å². The van der Waals surface area contributed by atoms with Crippen LogP contribution in [0.3, 0.4) is 0 Å². The monoisotopic (exact) mass is 402 g/mol. The second-order valence-corrected chi connectivity index (χ2v) is 7.15. The van der Waals surface area contributed by atoms with E-state index in [0.29, 0.717) is 41.9 Å². The lowest BCUT2D eigenvalue weighted by Crippen LogP contribution is -2.36. The summed E-state index contributed by atoms with van der Waals surface area (Å²) in [6, 6.07) is 6.06. The average Bonchev–Trinajstić information content (AvgIpc) is 3.30. The minimum absolute atomic E-state index is 0.187. The Balaban J connectivity index is 1.84. The fraction of sp³-hybridized carbons (Fsp3) is 0.400. The summed E-state index contributed by atoms with van der Waals surface area (Å²) in [6.07, 6.45) is -1.51. The molecule has 0 bridgehead atoms. The van der Waals surface area contributed by atoms with Gasteiger partial charge in [0.25, 0.3) is 17.9 Å². The Hall–Kier alpha value is -3.10. The predicted molar refractivity (Wildman–Crippen MR) is 101 cm³/mol. The van der Waals surface area contributed by atoms with Gasteiger partial charge in [0.05, 0.1) is 29.2 Å². The van der Waals surface area contributed by atoms with Gasteiger partial charge in [-0.3, -0.25) is 14.2 Å². The highest BCUT2D eigenvalue weighted by molar-refractivity contribution is 5.96. The topological polar surface area (TPSA) is 81.2 Å². The maximum Gasteiger partial charge on any atom is 0.261 e. The van der Waals surface area contributed by atoms with Crippen LogP contribution in [-0.2, 0) is 6.54 Å². The Morgan fingerprint density at radius 3 is 2.76 bits per heavy atom. The summed E-state index contributed by atoms with van der Waals surface area (Å²) >= 11 is 0. The van der Waals surface area contributed by atoms with E-state index in [-0.39, 0.29) is 17.1 Å². The zero-order valence-electron chi connectivity index (χ0n) is 16.1. The standard InChI is InChI=1S/C20H20F2N4O3/c1-11-17(12(2)29-24-11)20(28)25-9-5-8-15(25)18-23-14-7-4-3-6-13(14)19(27)26(18)10-16(21)22/h3-4,6-7,15-16H,5,8-10H2,1-2H3. The Morgan fingerprint density at radius 1 is 1.31 bits per heavy atom. The number of hydrogen-bond donors (Lipinski definition) is 0. The third-order valence-electron chi connectivity index (χ3n) is 5.27. The average molecular weight is 402 g/mol. The van der Waals surface area contributed by atoms with Crippen molar-refractivity contribution in [2.75, 3.05) is 6.54 Å². The number of halogens is 2. The molecule has 1 saturated heterocycles. The van der Waals surface area contributed by atoms with Crippen LogP contribution >= 0.6 is 0 Å². The highest BCUT2D eigenvalue weighted by Crippen LogP contribution is 2.33. The van der Waals surface area contributed by atoms with Crippen LogP contribution in [0.5, 0.6) is 0 Å². The highest BCUT2D eigenvalue weighted by atomic mass is 19.3. The van der Waals surface area contributed by atoms with E-state index in [9.17, 15) is 18.4 Å². The zero-order chi connectivity index (χ0) is 20.7. The number of amides is 1. The van der Waals surface area contributed by atoms with E-state index in [4.69, 9.17) is 4.52 Å². The SMILES string of the molecule is Cc1noc(C)c1C(=O)N1CCCC1c1nc2ccccc2c(=O)n1CC(F)F. The first-order valence-electron chi connectivity index (χ1n) is 9.40. The molecular formula is C20H20F2N4O3. The lowest BCUT2D eigenvalue weighted by molar-refractivity contribution is 0.0718. The molecular weight excluding hydrogens is 382 g/mol. The molecule has 2 aromatic heterocycles. The molecule has 9 heteroatoms. The molecule has 1 amide bonds. The van der Waals surface area contributed by atoms with Crippen LogP contribution in [0.4, 0.5) is 8.78 Å². The van der Waals surface area contributed by atoms with Crippen LogP contribution in [0.25, 0.3) is 10.9 Å². The minimum Gasteiger partial charge on any atom is -0.361 e. The van der Waals surface area contributed by atoms with Crippen LogP contribution in [0, 0.1) is 13.8 Å². The van der Waals surface area contributed by atoms with Crippen molar-refractivity contribution < 1.29 is 18.1 Å². The first-order chi connectivity index (χ1) is 13.9. The molecule has 0 N–H and O–H groups in total. The second kappa shape index (κ2) is 7.38. The summed E-state index contributed by atoms with van der Waals surface area (Å²) in [5.41, 5.74) is 0.729. The third-order valence-corrected chi connectivity index (χ3v) is 5.27. The van der Waals surface area contributed by atoms with Gasteiger partial charge in [-0.25, -0.2) is 13.8 Å². The molecule has 1 aliphatic rings. The Bertz CT molecular complexity index is 1120. The number of carbonyl (C=O) groups excluding carboxylic acids is 1. The van der Waals surface area contributed by atoms with Crippen LogP contribution in [0.2, 0.25) is 0 Å². The predicted octanol–water partition coefficient (Wildman–Crippen LogP) is 3.24. The smallest absolute Gasteiger partial charge is 0.261 e. The van der Waals surface area contributed by atoms with Crippen LogP contribution in [0.15, 0.2) is 33.6 Å². The summed E-state index contributed by atoms with van der Waals surface area (Å²) in [5, 5.41) is 4.10. The summed E-state index contributed by atoms with van der Waals surface area (Å²) in [4.78, 5) is 32.2. The molecule has 0 aliphatic carbocycles. The van der Waals surface area contributed by atoms with E-state index in [1.807, 2.05) is 0 Å². The van der Waals surface area contributed by atoms with Gasteiger partial charge in [0.1, 0.15) is 17.1 Å². The molecule has 1 aliphatic heterocycles. The largest absolute Gasteiger partial charge is 0.361 e. The Kier molecular flexibility index (Phi) is 4.89. The fourth-order valence-electron chi connectivity index (χ4n) is 3.96. The maximum absolute atomic E-state index is 13.3. The quantitative estimate of drug-likeness (QED) is 0.669.